The molecule has 1 aromatic carbocycles. The smallest absolute Gasteiger partial charge is 0.272 e. The van der Waals surface area contributed by atoms with Crippen LogP contribution in [0.5, 0.6) is 0 Å². The van der Waals surface area contributed by atoms with Gasteiger partial charge in [-0.2, -0.15) is 0 Å². The van der Waals surface area contributed by atoms with Crippen molar-refractivity contribution in [3.8, 4) is 0 Å². The summed E-state index contributed by atoms with van der Waals surface area (Å²) >= 11 is 0. The van der Waals surface area contributed by atoms with Gasteiger partial charge in [-0.15, -0.1) is 0 Å². The fourth-order valence-electron chi connectivity index (χ4n) is 2.17. The predicted octanol–water partition coefficient (Wildman–Crippen LogP) is 2.60. The van der Waals surface area contributed by atoms with Gasteiger partial charge in [0.15, 0.2) is 0 Å². The van der Waals surface area contributed by atoms with Gasteiger partial charge in [-0.25, -0.2) is 0 Å². The number of amides is 1. The van der Waals surface area contributed by atoms with Crippen LogP contribution in [0.4, 0.5) is 5.69 Å². The maximum Gasteiger partial charge on any atom is 0.272 e. The molecule has 6 nitrogen and oxygen atoms in total. The van der Waals surface area contributed by atoms with Crippen molar-refractivity contribution in [2.75, 3.05) is 0 Å². The Balaban J connectivity index is 2.90. The van der Waals surface area contributed by atoms with Crippen molar-refractivity contribution in [2.45, 2.75) is 52.1 Å². The quantitative estimate of drug-likeness (QED) is 0.622. The van der Waals surface area contributed by atoms with E-state index in [1.54, 1.807) is 32.9 Å². The van der Waals surface area contributed by atoms with Gasteiger partial charge in [-0.05, 0) is 32.8 Å². The zero-order valence-electron chi connectivity index (χ0n) is 13.0. The number of hydrogen-bond acceptors (Lipinski definition) is 4. The van der Waals surface area contributed by atoms with Crippen LogP contribution in [0.15, 0.2) is 18.2 Å². The van der Waals surface area contributed by atoms with E-state index < -0.39 is 10.5 Å². The van der Waals surface area contributed by atoms with Crippen LogP contribution in [0.3, 0.4) is 0 Å². The van der Waals surface area contributed by atoms with Crippen molar-refractivity contribution in [3.63, 3.8) is 0 Å². The summed E-state index contributed by atoms with van der Waals surface area (Å²) in [6, 6.07) is 4.62. The maximum atomic E-state index is 12.2. The van der Waals surface area contributed by atoms with Crippen LogP contribution in [0.2, 0.25) is 0 Å². The fraction of sp³-hybridized carbons (Fsp3) is 0.533. The Morgan fingerprint density at radius 1 is 1.52 bits per heavy atom. The molecule has 0 saturated carbocycles. The molecular weight excluding hydrogens is 270 g/mol. The summed E-state index contributed by atoms with van der Waals surface area (Å²) in [5.74, 6) is -0.250. The molecule has 0 heterocycles. The maximum absolute atomic E-state index is 12.2. The van der Waals surface area contributed by atoms with Gasteiger partial charge in [0.1, 0.15) is 0 Å². The van der Waals surface area contributed by atoms with Gasteiger partial charge < -0.3 is 11.1 Å². The number of nitrogens with zero attached hydrogens (tertiary/aromatic N) is 1. The van der Waals surface area contributed by atoms with E-state index in [-0.39, 0.29) is 17.6 Å². The number of nitro benzene ring substituents is 1. The number of carbonyl (C=O) groups excluding carboxylic acids is 1. The zero-order chi connectivity index (χ0) is 16.2. The van der Waals surface area contributed by atoms with Gasteiger partial charge in [-0.1, -0.05) is 25.5 Å². The SMILES string of the molecule is CCCC(C)(N)C(=O)NC(C)c1ccc(C)c([N+](=O)[O-])c1. The van der Waals surface area contributed by atoms with Gasteiger partial charge in [-0.3, -0.25) is 14.9 Å². The lowest BCUT2D eigenvalue weighted by molar-refractivity contribution is -0.385. The normalized spacial score (nSPS) is 15.1. The third-order valence-corrected chi connectivity index (χ3v) is 3.57. The largest absolute Gasteiger partial charge is 0.348 e. The van der Waals surface area contributed by atoms with Crippen LogP contribution in [0.1, 0.15) is 50.8 Å². The molecule has 6 heteroatoms. The molecule has 1 aromatic rings. The average molecular weight is 293 g/mol. The molecule has 21 heavy (non-hydrogen) atoms. The van der Waals surface area contributed by atoms with E-state index >= 15 is 0 Å². The van der Waals surface area contributed by atoms with Crippen molar-refractivity contribution in [1.82, 2.24) is 5.32 Å². The summed E-state index contributed by atoms with van der Waals surface area (Å²) in [5.41, 5.74) is 6.38. The van der Waals surface area contributed by atoms with Gasteiger partial charge in [0.05, 0.1) is 16.5 Å². The minimum atomic E-state index is -0.931. The lowest BCUT2D eigenvalue weighted by atomic mass is 9.95. The van der Waals surface area contributed by atoms with Gasteiger partial charge in [0.25, 0.3) is 5.69 Å². The van der Waals surface area contributed by atoms with Gasteiger partial charge in [0, 0.05) is 11.6 Å². The minimum absolute atomic E-state index is 0.0534. The van der Waals surface area contributed by atoms with Crippen molar-refractivity contribution in [3.05, 3.63) is 39.4 Å². The molecule has 116 valence electrons. The van der Waals surface area contributed by atoms with E-state index in [0.717, 1.165) is 6.42 Å². The predicted molar refractivity (Wildman–Crippen MR) is 81.9 cm³/mol. The van der Waals surface area contributed by atoms with Crippen molar-refractivity contribution in [2.24, 2.45) is 5.73 Å². The lowest BCUT2D eigenvalue weighted by Gasteiger charge is -2.25. The number of hydrogen-bond donors (Lipinski definition) is 2. The standard InChI is InChI=1S/C15H23N3O3/c1-5-8-15(4,16)14(19)17-11(3)12-7-6-10(2)13(9-12)18(20)21/h6-7,9,11H,5,8,16H2,1-4H3,(H,17,19). The molecule has 0 aliphatic heterocycles. The topological polar surface area (TPSA) is 98.3 Å². The van der Waals surface area contributed by atoms with Crippen LogP contribution in [0.25, 0.3) is 0 Å². The second kappa shape index (κ2) is 6.67. The summed E-state index contributed by atoms with van der Waals surface area (Å²) < 4.78 is 0. The highest BCUT2D eigenvalue weighted by Crippen LogP contribution is 2.23. The Kier molecular flexibility index (Phi) is 5.43. The number of nitro groups is 1. The Morgan fingerprint density at radius 3 is 2.67 bits per heavy atom. The highest BCUT2D eigenvalue weighted by Gasteiger charge is 2.28. The summed E-state index contributed by atoms with van der Waals surface area (Å²) in [5, 5.41) is 13.8. The number of nitrogens with two attached hydrogens (primary N) is 1. The Bertz CT molecular complexity index is 541. The monoisotopic (exact) mass is 293 g/mol. The Labute approximate surface area is 124 Å². The molecule has 1 rings (SSSR count). The first-order chi connectivity index (χ1) is 9.69. The van der Waals surface area contributed by atoms with Crippen LogP contribution in [-0.4, -0.2) is 16.4 Å². The van der Waals surface area contributed by atoms with E-state index in [4.69, 9.17) is 5.73 Å². The van der Waals surface area contributed by atoms with Crippen LogP contribution in [-0.2, 0) is 4.79 Å². The van der Waals surface area contributed by atoms with Gasteiger partial charge in [0.2, 0.25) is 5.91 Å². The average Bonchev–Trinajstić information content (AvgIpc) is 2.38. The second-order valence-electron chi connectivity index (χ2n) is 5.67. The third-order valence-electron chi connectivity index (χ3n) is 3.57. The lowest BCUT2D eigenvalue weighted by Crippen LogP contribution is -2.52. The first-order valence-electron chi connectivity index (χ1n) is 7.03. The number of benzene rings is 1. The molecule has 2 unspecified atom stereocenters. The minimum Gasteiger partial charge on any atom is -0.348 e. The van der Waals surface area contributed by atoms with E-state index in [1.807, 2.05) is 6.92 Å². The third kappa shape index (κ3) is 4.26. The van der Waals surface area contributed by atoms with E-state index in [0.29, 0.717) is 17.5 Å². The van der Waals surface area contributed by atoms with Crippen LogP contribution < -0.4 is 11.1 Å². The number of aryl methyl sites for hydroxylation is 1. The zero-order valence-corrected chi connectivity index (χ0v) is 13.0. The Morgan fingerprint density at radius 2 is 2.14 bits per heavy atom. The first-order valence-corrected chi connectivity index (χ1v) is 7.03. The van der Waals surface area contributed by atoms with E-state index in [9.17, 15) is 14.9 Å². The molecule has 0 spiro atoms. The molecule has 0 aliphatic rings. The van der Waals surface area contributed by atoms with Crippen molar-refractivity contribution < 1.29 is 9.72 Å². The van der Waals surface area contributed by atoms with Crippen LogP contribution >= 0.6 is 0 Å². The van der Waals surface area contributed by atoms with Gasteiger partial charge >= 0.3 is 0 Å². The molecule has 0 aromatic heterocycles. The highest BCUT2D eigenvalue weighted by atomic mass is 16.6. The van der Waals surface area contributed by atoms with Crippen LogP contribution in [0, 0.1) is 17.0 Å². The number of rotatable bonds is 6. The molecule has 1 amide bonds. The molecule has 0 radical (unpaired) electrons. The summed E-state index contributed by atoms with van der Waals surface area (Å²) in [7, 11) is 0. The van der Waals surface area contributed by atoms with Crippen molar-refractivity contribution in [1.29, 1.82) is 0 Å². The first kappa shape index (κ1) is 17.1. The second-order valence-corrected chi connectivity index (χ2v) is 5.67. The molecule has 0 fully saturated rings. The molecule has 3 N–H and O–H groups in total. The van der Waals surface area contributed by atoms with Crippen molar-refractivity contribution >= 4 is 11.6 Å². The van der Waals surface area contributed by atoms with E-state index in [2.05, 4.69) is 5.32 Å². The summed E-state index contributed by atoms with van der Waals surface area (Å²) in [6.07, 6.45) is 1.39. The number of carbonyl (C=O) groups is 1. The molecule has 0 bridgehead atoms. The van der Waals surface area contributed by atoms with E-state index in [1.165, 1.54) is 6.07 Å². The molecule has 0 saturated heterocycles. The Hall–Kier alpha value is -1.95. The summed E-state index contributed by atoms with van der Waals surface area (Å²) in [6.45, 7) is 7.12. The molecule has 0 aliphatic carbocycles. The summed E-state index contributed by atoms with van der Waals surface area (Å²) in [4.78, 5) is 22.7. The molecular formula is C15H23N3O3. The molecule has 2 atom stereocenters. The fourth-order valence-corrected chi connectivity index (χ4v) is 2.17. The highest BCUT2D eigenvalue weighted by molar-refractivity contribution is 5.85. The number of nitrogens with one attached hydrogen (secondary N) is 1.